The fourth-order valence-electron chi connectivity index (χ4n) is 3.31. The number of hydrogen-bond donors (Lipinski definition) is 1. The largest absolute Gasteiger partial charge is 0.369 e. The average Bonchev–Trinajstić information content (AvgIpc) is 2.99. The van der Waals surface area contributed by atoms with Gasteiger partial charge < -0.3 is 9.42 Å². The number of nitrogens with one attached hydrogen (secondary N) is 1. The number of rotatable bonds is 7. The number of benzene rings is 1. The Morgan fingerprint density at radius 1 is 1.12 bits per heavy atom. The smallest absolute Gasteiger partial charge is 0.245 e. The summed E-state index contributed by atoms with van der Waals surface area (Å²) in [6, 6.07) is 10.4. The summed E-state index contributed by atoms with van der Waals surface area (Å²) in [6.45, 7) is 8.51. The zero-order valence-electron chi connectivity index (χ0n) is 15.3. The third-order valence-electron chi connectivity index (χ3n) is 4.67. The molecule has 8 heteroatoms. The van der Waals surface area contributed by atoms with Crippen molar-refractivity contribution in [2.24, 2.45) is 0 Å². The highest BCUT2D eigenvalue weighted by atomic mass is 32.2. The minimum absolute atomic E-state index is 0.161. The summed E-state index contributed by atoms with van der Waals surface area (Å²) in [4.78, 5) is 4.93. The van der Waals surface area contributed by atoms with Crippen LogP contribution in [0, 0.1) is 13.8 Å². The lowest BCUT2D eigenvalue weighted by atomic mass is 10.2. The van der Waals surface area contributed by atoms with Gasteiger partial charge in [-0.1, -0.05) is 23.4 Å². The molecule has 2 aromatic rings. The summed E-state index contributed by atoms with van der Waals surface area (Å²) in [5.41, 5.74) is 1.66. The van der Waals surface area contributed by atoms with Crippen LogP contribution in [0.5, 0.6) is 0 Å². The van der Waals surface area contributed by atoms with Gasteiger partial charge in [-0.25, -0.2) is 13.1 Å². The van der Waals surface area contributed by atoms with Crippen molar-refractivity contribution in [2.45, 2.75) is 25.2 Å². The van der Waals surface area contributed by atoms with E-state index < -0.39 is 10.0 Å². The maximum Gasteiger partial charge on any atom is 0.245 e. The van der Waals surface area contributed by atoms with Crippen LogP contribution in [0.2, 0.25) is 0 Å². The van der Waals surface area contributed by atoms with E-state index in [1.165, 1.54) is 5.69 Å². The van der Waals surface area contributed by atoms with Gasteiger partial charge in [0.05, 0.1) is 0 Å². The molecule has 1 aliphatic rings. The molecular formula is C18H26N4O3S. The fourth-order valence-corrected chi connectivity index (χ4v) is 4.71. The van der Waals surface area contributed by atoms with Gasteiger partial charge in [0.25, 0.3) is 0 Å². The van der Waals surface area contributed by atoms with Crippen LogP contribution in [0.15, 0.2) is 39.8 Å². The van der Waals surface area contributed by atoms with Gasteiger partial charge in [-0.05, 0) is 38.9 Å². The minimum Gasteiger partial charge on any atom is -0.369 e. The van der Waals surface area contributed by atoms with Gasteiger partial charge in [0, 0.05) is 38.4 Å². The van der Waals surface area contributed by atoms with Crippen molar-refractivity contribution in [3.8, 4) is 0 Å². The number of aromatic nitrogens is 1. The number of hydrogen-bond acceptors (Lipinski definition) is 6. The van der Waals surface area contributed by atoms with Crippen molar-refractivity contribution < 1.29 is 12.9 Å². The summed E-state index contributed by atoms with van der Waals surface area (Å²) >= 11 is 0. The molecule has 1 N–H and O–H groups in total. The van der Waals surface area contributed by atoms with E-state index in [-0.39, 0.29) is 4.90 Å². The lowest BCUT2D eigenvalue weighted by molar-refractivity contribution is 0.255. The van der Waals surface area contributed by atoms with E-state index in [9.17, 15) is 8.42 Å². The molecule has 1 aromatic carbocycles. The standard InChI is InChI=1S/C18H26N4O3S/c1-15-18(16(2)25-20-15)26(23,24)19-9-6-10-21-11-13-22(14-12-21)17-7-4-3-5-8-17/h3-5,7-8,19H,6,9-14H2,1-2H3. The van der Waals surface area contributed by atoms with Gasteiger partial charge in [0.15, 0.2) is 5.76 Å². The Kier molecular flexibility index (Phi) is 5.95. The zero-order valence-corrected chi connectivity index (χ0v) is 16.1. The van der Waals surface area contributed by atoms with Crippen molar-refractivity contribution >= 4 is 15.7 Å². The monoisotopic (exact) mass is 378 g/mol. The highest BCUT2D eigenvalue weighted by molar-refractivity contribution is 7.89. The second kappa shape index (κ2) is 8.20. The van der Waals surface area contributed by atoms with E-state index in [1.807, 2.05) is 6.07 Å². The van der Waals surface area contributed by atoms with E-state index in [0.717, 1.165) is 39.1 Å². The Labute approximate surface area is 155 Å². The Hall–Kier alpha value is -1.90. The predicted molar refractivity (Wildman–Crippen MR) is 101 cm³/mol. The highest BCUT2D eigenvalue weighted by Crippen LogP contribution is 2.18. The van der Waals surface area contributed by atoms with Crippen LogP contribution in [0.25, 0.3) is 0 Å². The van der Waals surface area contributed by atoms with Crippen molar-refractivity contribution in [2.75, 3.05) is 44.2 Å². The highest BCUT2D eigenvalue weighted by Gasteiger charge is 2.23. The van der Waals surface area contributed by atoms with Crippen LogP contribution in [0.4, 0.5) is 5.69 Å². The summed E-state index contributed by atoms with van der Waals surface area (Å²) in [5.74, 6) is 0.326. The molecule has 0 radical (unpaired) electrons. The maximum absolute atomic E-state index is 12.4. The van der Waals surface area contributed by atoms with Crippen molar-refractivity contribution in [3.05, 3.63) is 41.8 Å². The lowest BCUT2D eigenvalue weighted by Gasteiger charge is -2.36. The van der Waals surface area contributed by atoms with Crippen LogP contribution in [-0.4, -0.2) is 57.7 Å². The Morgan fingerprint density at radius 3 is 2.42 bits per heavy atom. The van der Waals surface area contributed by atoms with Gasteiger partial charge >= 0.3 is 0 Å². The molecule has 2 heterocycles. The number of sulfonamides is 1. The molecule has 142 valence electrons. The molecule has 0 spiro atoms. The van der Waals surface area contributed by atoms with E-state index in [1.54, 1.807) is 13.8 Å². The third-order valence-corrected chi connectivity index (χ3v) is 6.38. The second-order valence-corrected chi connectivity index (χ2v) is 8.27. The summed E-state index contributed by atoms with van der Waals surface area (Å²) in [7, 11) is -3.56. The molecular weight excluding hydrogens is 352 g/mol. The lowest BCUT2D eigenvalue weighted by Crippen LogP contribution is -2.47. The Bertz CT molecular complexity index is 793. The molecule has 0 atom stereocenters. The number of nitrogens with zero attached hydrogens (tertiary/aromatic N) is 3. The first-order valence-electron chi connectivity index (χ1n) is 8.92. The third kappa shape index (κ3) is 4.44. The van der Waals surface area contributed by atoms with Crippen LogP contribution >= 0.6 is 0 Å². The quantitative estimate of drug-likeness (QED) is 0.740. The molecule has 1 aliphatic heterocycles. The summed E-state index contributed by atoms with van der Waals surface area (Å²) in [6.07, 6.45) is 0.772. The molecule has 0 amide bonds. The number of para-hydroxylation sites is 1. The van der Waals surface area contributed by atoms with E-state index >= 15 is 0 Å². The molecule has 0 unspecified atom stereocenters. The molecule has 7 nitrogen and oxygen atoms in total. The Morgan fingerprint density at radius 2 is 1.81 bits per heavy atom. The maximum atomic E-state index is 12.4. The molecule has 26 heavy (non-hydrogen) atoms. The Balaban J connectivity index is 1.41. The number of anilines is 1. The van der Waals surface area contributed by atoms with E-state index in [4.69, 9.17) is 4.52 Å². The van der Waals surface area contributed by atoms with E-state index in [2.05, 4.69) is 43.9 Å². The first-order chi connectivity index (χ1) is 12.5. The fraction of sp³-hybridized carbons (Fsp3) is 0.500. The van der Waals surface area contributed by atoms with Gasteiger partial charge in [0.2, 0.25) is 10.0 Å². The molecule has 0 saturated carbocycles. The van der Waals surface area contributed by atoms with Gasteiger partial charge in [-0.15, -0.1) is 0 Å². The normalized spacial score (nSPS) is 16.2. The molecule has 1 fully saturated rings. The van der Waals surface area contributed by atoms with E-state index in [0.29, 0.717) is 18.0 Å². The predicted octanol–water partition coefficient (Wildman–Crippen LogP) is 1.78. The van der Waals surface area contributed by atoms with Crippen molar-refractivity contribution in [1.29, 1.82) is 0 Å². The van der Waals surface area contributed by atoms with Crippen LogP contribution in [0.1, 0.15) is 17.9 Å². The SMILES string of the molecule is Cc1noc(C)c1S(=O)(=O)NCCCN1CCN(c2ccccc2)CC1. The molecule has 3 rings (SSSR count). The average molecular weight is 378 g/mol. The summed E-state index contributed by atoms with van der Waals surface area (Å²) in [5, 5.41) is 3.71. The van der Waals surface area contributed by atoms with Gasteiger partial charge in [-0.3, -0.25) is 4.90 Å². The summed E-state index contributed by atoms with van der Waals surface area (Å²) < 4.78 is 32.3. The molecule has 1 aromatic heterocycles. The van der Waals surface area contributed by atoms with Gasteiger partial charge in [-0.2, -0.15) is 0 Å². The topological polar surface area (TPSA) is 78.7 Å². The number of aryl methyl sites for hydroxylation is 2. The molecule has 0 aliphatic carbocycles. The first kappa shape index (κ1) is 18.9. The molecule has 0 bridgehead atoms. The second-order valence-electron chi connectivity index (χ2n) is 6.57. The van der Waals surface area contributed by atoms with Crippen LogP contribution < -0.4 is 9.62 Å². The number of piperazine rings is 1. The van der Waals surface area contributed by atoms with Crippen LogP contribution in [-0.2, 0) is 10.0 Å². The van der Waals surface area contributed by atoms with Crippen molar-refractivity contribution in [1.82, 2.24) is 14.8 Å². The minimum atomic E-state index is -3.56. The first-order valence-corrected chi connectivity index (χ1v) is 10.4. The van der Waals surface area contributed by atoms with Gasteiger partial charge in [0.1, 0.15) is 10.6 Å². The van der Waals surface area contributed by atoms with Crippen LogP contribution in [0.3, 0.4) is 0 Å². The van der Waals surface area contributed by atoms with Crippen molar-refractivity contribution in [3.63, 3.8) is 0 Å². The zero-order chi connectivity index (χ0) is 18.6. The molecule has 1 saturated heterocycles.